The summed E-state index contributed by atoms with van der Waals surface area (Å²) in [5.41, 5.74) is 0.758. The van der Waals surface area contributed by atoms with Gasteiger partial charge in [0.05, 0.1) is 17.2 Å². The summed E-state index contributed by atoms with van der Waals surface area (Å²) in [6.07, 6.45) is 1.16. The molecule has 2 rings (SSSR count). The van der Waals surface area contributed by atoms with Crippen LogP contribution >= 0.6 is 0 Å². The van der Waals surface area contributed by atoms with Crippen molar-refractivity contribution in [2.24, 2.45) is 0 Å². The second-order valence-electron chi connectivity index (χ2n) is 4.85. The largest absolute Gasteiger partial charge is 0.336 e. The van der Waals surface area contributed by atoms with E-state index in [1.54, 1.807) is 38.1 Å². The molecule has 2 N–H and O–H groups in total. The first-order valence-corrected chi connectivity index (χ1v) is 6.52. The topological polar surface area (TPSA) is 93.1 Å². The normalized spacial score (nSPS) is 10.6. The average Bonchev–Trinajstić information content (AvgIpc) is 2.41. The fourth-order valence-corrected chi connectivity index (χ4v) is 1.89. The molecule has 1 aromatic carbocycles. The summed E-state index contributed by atoms with van der Waals surface area (Å²) in [7, 11) is 0. The van der Waals surface area contributed by atoms with E-state index in [0.717, 1.165) is 6.20 Å². The fourth-order valence-electron chi connectivity index (χ4n) is 1.89. The van der Waals surface area contributed by atoms with Crippen LogP contribution in [0.3, 0.4) is 0 Å². The molecule has 1 aromatic heterocycles. The highest BCUT2D eigenvalue weighted by Gasteiger charge is 2.12. The Balaban J connectivity index is 2.20. The van der Waals surface area contributed by atoms with Crippen LogP contribution in [-0.2, 0) is 11.3 Å². The highest BCUT2D eigenvalue weighted by molar-refractivity contribution is 5.94. The summed E-state index contributed by atoms with van der Waals surface area (Å²) >= 11 is 0. The third kappa shape index (κ3) is 3.65. The van der Waals surface area contributed by atoms with Crippen LogP contribution in [-0.4, -0.2) is 27.5 Å². The van der Waals surface area contributed by atoms with Gasteiger partial charge in [0, 0.05) is 6.04 Å². The van der Waals surface area contributed by atoms with Crippen molar-refractivity contribution in [3.63, 3.8) is 0 Å². The molecule has 1 heterocycles. The predicted octanol–water partition coefficient (Wildman–Crippen LogP) is 0.631. The molecule has 0 aliphatic rings. The van der Waals surface area contributed by atoms with E-state index in [1.165, 1.54) is 4.57 Å². The van der Waals surface area contributed by atoms with Gasteiger partial charge in [-0.2, -0.15) is 0 Å². The number of amides is 3. The van der Waals surface area contributed by atoms with E-state index in [1.807, 2.05) is 0 Å². The molecule has 0 saturated heterocycles. The first kappa shape index (κ1) is 14.7. The van der Waals surface area contributed by atoms with Crippen molar-refractivity contribution in [3.05, 3.63) is 40.8 Å². The van der Waals surface area contributed by atoms with Gasteiger partial charge in [-0.1, -0.05) is 12.1 Å². The lowest BCUT2D eigenvalue weighted by Crippen LogP contribution is -2.44. The van der Waals surface area contributed by atoms with Crippen LogP contribution < -0.4 is 16.2 Å². The molecule has 7 nitrogen and oxygen atoms in total. The number of carbonyl (C=O) groups is 2. The quantitative estimate of drug-likeness (QED) is 0.866. The van der Waals surface area contributed by atoms with Crippen LogP contribution in [0.5, 0.6) is 0 Å². The van der Waals surface area contributed by atoms with Crippen molar-refractivity contribution in [3.8, 4) is 0 Å². The molecule has 2 aromatic rings. The molecule has 0 fully saturated rings. The van der Waals surface area contributed by atoms with E-state index < -0.39 is 17.5 Å². The molecule has 0 unspecified atom stereocenters. The van der Waals surface area contributed by atoms with E-state index in [4.69, 9.17) is 0 Å². The Hall–Kier alpha value is -2.70. The number of carbonyl (C=O) groups excluding carboxylic acids is 2. The Bertz CT molecular complexity index is 736. The fraction of sp³-hybridized carbons (Fsp3) is 0.286. The molecule has 0 aliphatic carbocycles. The molecule has 0 spiro atoms. The molecule has 3 amide bonds. The third-order valence-electron chi connectivity index (χ3n) is 2.73. The van der Waals surface area contributed by atoms with Gasteiger partial charge >= 0.3 is 6.03 Å². The van der Waals surface area contributed by atoms with Gasteiger partial charge in [-0.15, -0.1) is 0 Å². The minimum absolute atomic E-state index is 0.0812. The molecule has 7 heteroatoms. The molecular weight excluding hydrogens is 272 g/mol. The number of urea groups is 1. The predicted molar refractivity (Wildman–Crippen MR) is 77.8 cm³/mol. The van der Waals surface area contributed by atoms with Crippen LogP contribution in [0.1, 0.15) is 13.8 Å². The second kappa shape index (κ2) is 6.17. The molecule has 0 aliphatic heterocycles. The summed E-state index contributed by atoms with van der Waals surface area (Å²) in [5.74, 6) is -0.563. The molecule has 0 bridgehead atoms. The number of benzene rings is 1. The van der Waals surface area contributed by atoms with Crippen molar-refractivity contribution in [2.45, 2.75) is 26.4 Å². The maximum absolute atomic E-state index is 11.9. The van der Waals surface area contributed by atoms with E-state index in [-0.39, 0.29) is 12.6 Å². The smallest absolute Gasteiger partial charge is 0.321 e. The van der Waals surface area contributed by atoms with Gasteiger partial charge in [-0.3, -0.25) is 19.5 Å². The first-order chi connectivity index (χ1) is 9.97. The number of aromatic nitrogens is 2. The summed E-state index contributed by atoms with van der Waals surface area (Å²) in [6.45, 7) is 3.32. The highest BCUT2D eigenvalue weighted by Crippen LogP contribution is 2.07. The van der Waals surface area contributed by atoms with Crippen molar-refractivity contribution < 1.29 is 9.59 Å². The molecule has 0 saturated carbocycles. The lowest BCUT2D eigenvalue weighted by atomic mass is 10.3. The zero-order valence-corrected chi connectivity index (χ0v) is 11.8. The minimum atomic E-state index is -0.582. The van der Waals surface area contributed by atoms with E-state index in [2.05, 4.69) is 15.6 Å². The second-order valence-corrected chi connectivity index (χ2v) is 4.85. The standard InChI is InChI=1S/C14H16N4O3/c1-9(2)16-14(21)17-12(19)8-18-11-6-4-3-5-10(11)15-7-13(18)20/h3-7,9H,8H2,1-2H3,(H2,16,17,19,21). The highest BCUT2D eigenvalue weighted by atomic mass is 16.2. The van der Waals surface area contributed by atoms with Crippen molar-refractivity contribution in [1.82, 2.24) is 20.2 Å². The van der Waals surface area contributed by atoms with Crippen LogP contribution in [0.2, 0.25) is 0 Å². The van der Waals surface area contributed by atoms with Gasteiger partial charge in [0.15, 0.2) is 0 Å². The average molecular weight is 288 g/mol. The van der Waals surface area contributed by atoms with Crippen molar-refractivity contribution in [1.29, 1.82) is 0 Å². The van der Waals surface area contributed by atoms with Gasteiger partial charge < -0.3 is 5.32 Å². The Morgan fingerprint density at radius 1 is 1.29 bits per heavy atom. The Morgan fingerprint density at radius 3 is 2.71 bits per heavy atom. The Morgan fingerprint density at radius 2 is 2.00 bits per heavy atom. The number of imide groups is 1. The van der Waals surface area contributed by atoms with Gasteiger partial charge in [-0.25, -0.2) is 9.78 Å². The number of nitrogens with zero attached hydrogens (tertiary/aromatic N) is 2. The number of hydrogen-bond donors (Lipinski definition) is 2. The number of rotatable bonds is 3. The number of hydrogen-bond acceptors (Lipinski definition) is 4. The number of fused-ring (bicyclic) bond motifs is 1. The summed E-state index contributed by atoms with van der Waals surface area (Å²) in [5, 5.41) is 4.72. The Kier molecular flexibility index (Phi) is 4.32. The maximum Gasteiger partial charge on any atom is 0.321 e. The summed E-state index contributed by atoms with van der Waals surface area (Å²) in [4.78, 5) is 39.2. The van der Waals surface area contributed by atoms with Gasteiger partial charge in [0.2, 0.25) is 5.91 Å². The van der Waals surface area contributed by atoms with E-state index in [0.29, 0.717) is 11.0 Å². The SMILES string of the molecule is CC(C)NC(=O)NC(=O)Cn1c(=O)cnc2ccccc21. The minimum Gasteiger partial charge on any atom is -0.336 e. The number of nitrogens with one attached hydrogen (secondary N) is 2. The molecule has 0 atom stereocenters. The van der Waals surface area contributed by atoms with Gasteiger partial charge in [-0.05, 0) is 26.0 Å². The molecular formula is C14H16N4O3. The summed E-state index contributed by atoms with van der Waals surface area (Å²) < 4.78 is 1.28. The van der Waals surface area contributed by atoms with Crippen molar-refractivity contribution >= 4 is 23.0 Å². The Labute approximate surface area is 121 Å². The van der Waals surface area contributed by atoms with E-state index >= 15 is 0 Å². The first-order valence-electron chi connectivity index (χ1n) is 6.52. The molecule has 110 valence electrons. The zero-order valence-electron chi connectivity index (χ0n) is 11.8. The van der Waals surface area contributed by atoms with Crippen LogP contribution in [0.15, 0.2) is 35.3 Å². The van der Waals surface area contributed by atoms with Crippen LogP contribution in [0.4, 0.5) is 4.79 Å². The zero-order chi connectivity index (χ0) is 15.4. The van der Waals surface area contributed by atoms with Crippen LogP contribution in [0.25, 0.3) is 11.0 Å². The summed E-state index contributed by atoms with van der Waals surface area (Å²) in [6, 6.07) is 6.33. The third-order valence-corrected chi connectivity index (χ3v) is 2.73. The van der Waals surface area contributed by atoms with Gasteiger partial charge in [0.25, 0.3) is 5.56 Å². The lowest BCUT2D eigenvalue weighted by Gasteiger charge is -2.11. The lowest BCUT2D eigenvalue weighted by molar-refractivity contribution is -0.120. The maximum atomic E-state index is 11.9. The number of para-hydroxylation sites is 2. The molecule has 0 radical (unpaired) electrons. The van der Waals surface area contributed by atoms with Crippen molar-refractivity contribution in [2.75, 3.05) is 0 Å². The molecule has 21 heavy (non-hydrogen) atoms. The van der Waals surface area contributed by atoms with Gasteiger partial charge in [0.1, 0.15) is 6.54 Å². The monoisotopic (exact) mass is 288 g/mol. The van der Waals surface area contributed by atoms with E-state index in [9.17, 15) is 14.4 Å². The van der Waals surface area contributed by atoms with Crippen LogP contribution in [0, 0.1) is 0 Å².